The molecule has 0 radical (unpaired) electrons. The van der Waals surface area contributed by atoms with E-state index in [1.165, 1.54) is 0 Å². The van der Waals surface area contributed by atoms with Gasteiger partial charge in [-0.3, -0.25) is 4.79 Å². The van der Waals surface area contributed by atoms with Crippen LogP contribution in [0, 0.1) is 5.41 Å². The van der Waals surface area contributed by atoms with Crippen molar-refractivity contribution in [2.75, 3.05) is 13.1 Å². The number of carbonyl (C=O) groups excluding carboxylic acids is 1. The largest absolute Gasteiger partial charge is 0.349 e. The fourth-order valence-electron chi connectivity index (χ4n) is 2.29. The zero-order chi connectivity index (χ0) is 13.2. The molecule has 1 heterocycles. The topological polar surface area (TPSA) is 41.1 Å². The van der Waals surface area contributed by atoms with Gasteiger partial charge in [0.2, 0.25) is 5.91 Å². The van der Waals surface area contributed by atoms with Gasteiger partial charge >= 0.3 is 0 Å². The Bertz CT molecular complexity index is 441. The molecule has 0 spiro atoms. The molecular formula is C14H19BrN2O. The van der Waals surface area contributed by atoms with Crippen LogP contribution in [0.4, 0.5) is 0 Å². The Morgan fingerprint density at radius 3 is 2.83 bits per heavy atom. The third-order valence-corrected chi connectivity index (χ3v) is 4.36. The molecule has 1 aliphatic heterocycles. The predicted molar refractivity (Wildman–Crippen MR) is 76.3 cm³/mol. The van der Waals surface area contributed by atoms with Crippen molar-refractivity contribution in [2.45, 2.75) is 26.3 Å². The Balaban J connectivity index is 2.06. The van der Waals surface area contributed by atoms with E-state index in [4.69, 9.17) is 0 Å². The molecule has 0 bridgehead atoms. The number of carbonyl (C=O) groups is 1. The van der Waals surface area contributed by atoms with Gasteiger partial charge in [0.1, 0.15) is 0 Å². The summed E-state index contributed by atoms with van der Waals surface area (Å²) in [4.78, 5) is 12.3. The molecule has 1 aromatic carbocycles. The molecule has 1 saturated heterocycles. The molecule has 98 valence electrons. The molecule has 18 heavy (non-hydrogen) atoms. The van der Waals surface area contributed by atoms with E-state index in [-0.39, 0.29) is 17.4 Å². The molecular weight excluding hydrogens is 292 g/mol. The molecule has 1 amide bonds. The minimum Gasteiger partial charge on any atom is -0.349 e. The monoisotopic (exact) mass is 310 g/mol. The van der Waals surface area contributed by atoms with Crippen molar-refractivity contribution in [3.8, 4) is 0 Å². The highest BCUT2D eigenvalue weighted by Gasteiger charge is 2.36. The zero-order valence-electron chi connectivity index (χ0n) is 10.8. The fraction of sp³-hybridized carbons (Fsp3) is 0.500. The normalized spacial score (nSPS) is 24.8. The van der Waals surface area contributed by atoms with Gasteiger partial charge in [0.25, 0.3) is 0 Å². The van der Waals surface area contributed by atoms with E-state index in [2.05, 4.69) is 26.6 Å². The number of nitrogens with one attached hydrogen (secondary N) is 2. The SMILES string of the molecule is C[C@@H](NC(=O)C1(C)CCNC1)c1ccccc1Br. The van der Waals surface area contributed by atoms with Crippen molar-refractivity contribution in [3.63, 3.8) is 0 Å². The number of hydrogen-bond donors (Lipinski definition) is 2. The second kappa shape index (κ2) is 5.41. The number of benzene rings is 1. The van der Waals surface area contributed by atoms with Gasteiger partial charge in [0.05, 0.1) is 11.5 Å². The van der Waals surface area contributed by atoms with Gasteiger partial charge in [0.15, 0.2) is 0 Å². The minimum absolute atomic E-state index is 0.0190. The smallest absolute Gasteiger partial charge is 0.227 e. The maximum absolute atomic E-state index is 12.3. The van der Waals surface area contributed by atoms with E-state index in [0.717, 1.165) is 29.5 Å². The summed E-state index contributed by atoms with van der Waals surface area (Å²) in [6.07, 6.45) is 0.904. The first-order valence-corrected chi connectivity index (χ1v) is 7.08. The van der Waals surface area contributed by atoms with E-state index in [1.54, 1.807) is 0 Å². The third kappa shape index (κ3) is 2.75. The summed E-state index contributed by atoms with van der Waals surface area (Å²) >= 11 is 3.52. The maximum Gasteiger partial charge on any atom is 0.227 e. The van der Waals surface area contributed by atoms with Gasteiger partial charge in [-0.1, -0.05) is 34.1 Å². The highest BCUT2D eigenvalue weighted by Crippen LogP contribution is 2.27. The number of halogens is 1. The van der Waals surface area contributed by atoms with Crippen LogP contribution in [0.1, 0.15) is 31.9 Å². The molecule has 0 saturated carbocycles. The molecule has 0 aromatic heterocycles. The summed E-state index contributed by atoms with van der Waals surface area (Å²) in [7, 11) is 0. The second-order valence-electron chi connectivity index (χ2n) is 5.20. The maximum atomic E-state index is 12.3. The van der Waals surface area contributed by atoms with Crippen molar-refractivity contribution < 1.29 is 4.79 Å². The van der Waals surface area contributed by atoms with Crippen LogP contribution >= 0.6 is 15.9 Å². The zero-order valence-corrected chi connectivity index (χ0v) is 12.4. The van der Waals surface area contributed by atoms with Crippen molar-refractivity contribution in [3.05, 3.63) is 34.3 Å². The number of hydrogen-bond acceptors (Lipinski definition) is 2. The molecule has 0 aliphatic carbocycles. The van der Waals surface area contributed by atoms with E-state index in [1.807, 2.05) is 38.1 Å². The fourth-order valence-corrected chi connectivity index (χ4v) is 2.91. The summed E-state index contributed by atoms with van der Waals surface area (Å²) in [5.74, 6) is 0.135. The van der Waals surface area contributed by atoms with Crippen LogP contribution in [0.15, 0.2) is 28.7 Å². The van der Waals surface area contributed by atoms with Crippen LogP contribution in [-0.2, 0) is 4.79 Å². The lowest BCUT2D eigenvalue weighted by molar-refractivity contribution is -0.129. The second-order valence-corrected chi connectivity index (χ2v) is 6.06. The first-order chi connectivity index (χ1) is 8.53. The first kappa shape index (κ1) is 13.6. The van der Waals surface area contributed by atoms with E-state index >= 15 is 0 Å². The van der Waals surface area contributed by atoms with Gasteiger partial charge in [-0.05, 0) is 38.4 Å². The molecule has 1 unspecified atom stereocenters. The quantitative estimate of drug-likeness (QED) is 0.901. The first-order valence-electron chi connectivity index (χ1n) is 6.29. The van der Waals surface area contributed by atoms with Gasteiger partial charge in [-0.25, -0.2) is 0 Å². The minimum atomic E-state index is -0.268. The molecule has 1 aliphatic rings. The standard InChI is InChI=1S/C14H19BrN2O/c1-10(11-5-3-4-6-12(11)15)17-13(18)14(2)7-8-16-9-14/h3-6,10,16H,7-9H2,1-2H3,(H,17,18)/t10-,14?/m1/s1. The third-order valence-electron chi connectivity index (χ3n) is 3.64. The van der Waals surface area contributed by atoms with Crippen molar-refractivity contribution >= 4 is 21.8 Å². The summed E-state index contributed by atoms with van der Waals surface area (Å²) in [5, 5.41) is 6.36. The van der Waals surface area contributed by atoms with Crippen molar-refractivity contribution in [1.82, 2.24) is 10.6 Å². The van der Waals surface area contributed by atoms with Crippen LogP contribution < -0.4 is 10.6 Å². The number of amides is 1. The lowest BCUT2D eigenvalue weighted by atomic mass is 9.88. The Kier molecular flexibility index (Phi) is 4.07. The van der Waals surface area contributed by atoms with E-state index in [0.29, 0.717) is 0 Å². The van der Waals surface area contributed by atoms with Crippen LogP contribution in [0.3, 0.4) is 0 Å². The van der Waals surface area contributed by atoms with Crippen molar-refractivity contribution in [1.29, 1.82) is 0 Å². The average Bonchev–Trinajstić information content (AvgIpc) is 2.78. The van der Waals surface area contributed by atoms with Crippen LogP contribution in [-0.4, -0.2) is 19.0 Å². The lowest BCUT2D eigenvalue weighted by Gasteiger charge is -2.25. The lowest BCUT2D eigenvalue weighted by Crippen LogP contribution is -2.41. The highest BCUT2D eigenvalue weighted by molar-refractivity contribution is 9.10. The molecule has 2 atom stereocenters. The Morgan fingerprint density at radius 1 is 1.50 bits per heavy atom. The van der Waals surface area contributed by atoms with Gasteiger partial charge in [-0.2, -0.15) is 0 Å². The van der Waals surface area contributed by atoms with Crippen LogP contribution in [0.2, 0.25) is 0 Å². The van der Waals surface area contributed by atoms with Crippen molar-refractivity contribution in [2.24, 2.45) is 5.41 Å². The Labute approximate surface area is 116 Å². The average molecular weight is 311 g/mol. The highest BCUT2D eigenvalue weighted by atomic mass is 79.9. The van der Waals surface area contributed by atoms with E-state index in [9.17, 15) is 4.79 Å². The summed E-state index contributed by atoms with van der Waals surface area (Å²) in [6, 6.07) is 8.01. The van der Waals surface area contributed by atoms with Crippen LogP contribution in [0.25, 0.3) is 0 Å². The Morgan fingerprint density at radius 2 is 2.22 bits per heavy atom. The Hall–Kier alpha value is -0.870. The molecule has 1 fully saturated rings. The van der Waals surface area contributed by atoms with Gasteiger partial charge in [0, 0.05) is 11.0 Å². The van der Waals surface area contributed by atoms with Crippen LogP contribution in [0.5, 0.6) is 0 Å². The summed E-state index contributed by atoms with van der Waals surface area (Å²) in [5.41, 5.74) is 0.843. The van der Waals surface area contributed by atoms with E-state index < -0.39 is 0 Å². The molecule has 3 nitrogen and oxygen atoms in total. The molecule has 2 rings (SSSR count). The molecule has 2 N–H and O–H groups in total. The summed E-state index contributed by atoms with van der Waals surface area (Å²) in [6.45, 7) is 5.73. The van der Waals surface area contributed by atoms with Gasteiger partial charge < -0.3 is 10.6 Å². The number of rotatable bonds is 3. The molecule has 1 aromatic rings. The molecule has 4 heteroatoms. The van der Waals surface area contributed by atoms with Gasteiger partial charge in [-0.15, -0.1) is 0 Å². The summed E-state index contributed by atoms with van der Waals surface area (Å²) < 4.78 is 1.03. The predicted octanol–water partition coefficient (Wildman–Crippen LogP) is 2.63.